The summed E-state index contributed by atoms with van der Waals surface area (Å²) in [5.74, 6) is 1.63. The zero-order valence-electron chi connectivity index (χ0n) is 21.7. The van der Waals surface area contributed by atoms with Crippen molar-refractivity contribution in [2.75, 3.05) is 12.4 Å². The van der Waals surface area contributed by atoms with Gasteiger partial charge in [0.25, 0.3) is 5.91 Å². The molecule has 38 heavy (non-hydrogen) atoms. The van der Waals surface area contributed by atoms with Crippen molar-refractivity contribution in [3.05, 3.63) is 88.8 Å². The molecule has 0 aliphatic heterocycles. The highest BCUT2D eigenvalue weighted by atomic mass is 32.1. The van der Waals surface area contributed by atoms with Gasteiger partial charge in [0.05, 0.1) is 35.6 Å². The van der Waals surface area contributed by atoms with Crippen LogP contribution in [0.1, 0.15) is 66.2 Å². The quantitative estimate of drug-likeness (QED) is 0.166. The lowest BCUT2D eigenvalue weighted by Crippen LogP contribution is -2.20. The van der Waals surface area contributed by atoms with Gasteiger partial charge in [0.2, 0.25) is 0 Å². The van der Waals surface area contributed by atoms with Crippen LogP contribution >= 0.6 is 23.6 Å². The van der Waals surface area contributed by atoms with Crippen molar-refractivity contribution in [1.29, 1.82) is 0 Å². The normalized spacial score (nSPS) is 11.6. The third-order valence-corrected chi connectivity index (χ3v) is 7.65. The number of thiocarbonyl (C=S) groups is 1. The number of nitrogens with zero attached hydrogens (tertiary/aromatic N) is 1. The number of methoxy groups -OCH3 is 1. The minimum Gasteiger partial charge on any atom is -0.497 e. The van der Waals surface area contributed by atoms with Crippen LogP contribution in [0.4, 0.5) is 5.69 Å². The van der Waals surface area contributed by atoms with Crippen molar-refractivity contribution >= 4 is 40.1 Å². The Balaban J connectivity index is 1.38. The Morgan fingerprint density at radius 3 is 2.71 bits per heavy atom. The van der Waals surface area contributed by atoms with Gasteiger partial charge in [-0.05, 0) is 55.5 Å². The van der Waals surface area contributed by atoms with Gasteiger partial charge in [-0.2, -0.15) is 0 Å². The van der Waals surface area contributed by atoms with Gasteiger partial charge < -0.3 is 19.8 Å². The monoisotopic (exact) mass is 547 g/mol. The van der Waals surface area contributed by atoms with E-state index in [0.717, 1.165) is 59.0 Å². The summed E-state index contributed by atoms with van der Waals surface area (Å²) in [6.07, 6.45) is 6.48. The molecule has 4 aromatic rings. The van der Waals surface area contributed by atoms with E-state index in [1.54, 1.807) is 24.7 Å². The van der Waals surface area contributed by atoms with Crippen LogP contribution < -0.4 is 15.4 Å². The van der Waals surface area contributed by atoms with Crippen LogP contribution in [-0.4, -0.2) is 23.0 Å². The molecule has 2 N–H and O–H groups in total. The average molecular weight is 548 g/mol. The molecular formula is C30H33N3O3S2. The fraction of sp³-hybridized carbons (Fsp3) is 0.300. The van der Waals surface area contributed by atoms with Crippen molar-refractivity contribution in [1.82, 2.24) is 10.3 Å². The number of thiazole rings is 1. The first-order chi connectivity index (χ1) is 18.6. The van der Waals surface area contributed by atoms with E-state index in [2.05, 4.69) is 17.6 Å². The number of nitrogens with one attached hydrogen (secondary N) is 2. The summed E-state index contributed by atoms with van der Waals surface area (Å²) in [7, 11) is 1.62. The Morgan fingerprint density at radius 1 is 1.13 bits per heavy atom. The molecule has 8 heteroatoms. The molecule has 0 saturated heterocycles. The van der Waals surface area contributed by atoms with Crippen molar-refractivity contribution < 1.29 is 13.9 Å². The van der Waals surface area contributed by atoms with E-state index in [9.17, 15) is 4.79 Å². The Hall–Kier alpha value is -3.49. The molecule has 0 fully saturated rings. The molecule has 1 unspecified atom stereocenters. The zero-order valence-corrected chi connectivity index (χ0v) is 23.4. The first kappa shape index (κ1) is 27.5. The molecule has 0 aliphatic carbocycles. The van der Waals surface area contributed by atoms with E-state index in [4.69, 9.17) is 26.4 Å². The lowest BCUT2D eigenvalue weighted by Gasteiger charge is -2.14. The number of anilines is 1. The third kappa shape index (κ3) is 7.52. The van der Waals surface area contributed by atoms with E-state index in [1.807, 2.05) is 66.0 Å². The summed E-state index contributed by atoms with van der Waals surface area (Å²) < 4.78 is 10.7. The number of carbonyl (C=O) groups excluding carboxylic acids is 1. The molecule has 0 spiro atoms. The van der Waals surface area contributed by atoms with Crippen molar-refractivity contribution in [3.63, 3.8) is 0 Å². The Morgan fingerprint density at radius 2 is 1.97 bits per heavy atom. The molecule has 0 radical (unpaired) electrons. The van der Waals surface area contributed by atoms with Gasteiger partial charge in [-0.1, -0.05) is 55.9 Å². The van der Waals surface area contributed by atoms with Crippen LogP contribution in [0.3, 0.4) is 0 Å². The molecular weight excluding hydrogens is 514 g/mol. The molecule has 2 heterocycles. The largest absolute Gasteiger partial charge is 0.497 e. The van der Waals surface area contributed by atoms with Crippen molar-refractivity contribution in [3.8, 4) is 16.9 Å². The van der Waals surface area contributed by atoms with E-state index in [-0.39, 0.29) is 5.91 Å². The lowest BCUT2D eigenvalue weighted by atomic mass is 9.97. The Kier molecular flexibility index (Phi) is 10.1. The molecule has 4 rings (SSSR count). The second-order valence-corrected chi connectivity index (χ2v) is 10.4. The standard InChI is InChI=1S/C30H33N3O3S2/c1-3-9-22(12-7-14-28(37)31-19-24-13-8-17-36-24)30-33-27(20-38-30)29(34)32-26-18-23(35-2)15-16-25(26)21-10-5-4-6-11-21/h4-6,8,10-11,13,15-18,20,22H,3,7,9,12,14,19H2,1-2H3,(H,31,37)(H,32,34). The smallest absolute Gasteiger partial charge is 0.275 e. The van der Waals surface area contributed by atoms with E-state index >= 15 is 0 Å². The summed E-state index contributed by atoms with van der Waals surface area (Å²) in [6, 6.07) is 19.5. The number of benzene rings is 2. The van der Waals surface area contributed by atoms with E-state index < -0.39 is 0 Å². The fourth-order valence-corrected chi connectivity index (χ4v) is 5.51. The minimum absolute atomic E-state index is 0.225. The number of furan rings is 1. The maximum atomic E-state index is 13.2. The number of aromatic nitrogens is 1. The zero-order chi connectivity index (χ0) is 26.7. The molecule has 1 atom stereocenters. The molecule has 198 valence electrons. The maximum absolute atomic E-state index is 13.2. The number of hydrogen-bond donors (Lipinski definition) is 2. The van der Waals surface area contributed by atoms with Gasteiger partial charge in [0.15, 0.2) is 0 Å². The summed E-state index contributed by atoms with van der Waals surface area (Å²) in [4.78, 5) is 18.8. The Bertz CT molecular complexity index is 1320. The van der Waals surface area contributed by atoms with Gasteiger partial charge in [0, 0.05) is 22.9 Å². The number of ether oxygens (including phenoxy) is 1. The van der Waals surface area contributed by atoms with E-state index in [0.29, 0.717) is 29.6 Å². The summed E-state index contributed by atoms with van der Waals surface area (Å²) in [6.45, 7) is 2.78. The molecule has 1 amide bonds. The molecule has 0 bridgehead atoms. The second kappa shape index (κ2) is 13.9. The molecule has 2 aromatic heterocycles. The highest BCUT2D eigenvalue weighted by Gasteiger charge is 2.19. The predicted molar refractivity (Wildman–Crippen MR) is 158 cm³/mol. The molecule has 6 nitrogen and oxygen atoms in total. The van der Waals surface area contributed by atoms with Gasteiger partial charge in [0.1, 0.15) is 17.2 Å². The van der Waals surface area contributed by atoms with Crippen molar-refractivity contribution in [2.45, 2.75) is 51.5 Å². The molecule has 0 aliphatic rings. The second-order valence-electron chi connectivity index (χ2n) is 9.04. The topological polar surface area (TPSA) is 76.4 Å². The van der Waals surface area contributed by atoms with E-state index in [1.165, 1.54) is 0 Å². The third-order valence-electron chi connectivity index (χ3n) is 6.30. The van der Waals surface area contributed by atoms with Crippen LogP contribution in [0.15, 0.2) is 76.7 Å². The Labute approximate surface area is 233 Å². The number of hydrogen-bond acceptors (Lipinski definition) is 6. The van der Waals surface area contributed by atoms with Gasteiger partial charge >= 0.3 is 0 Å². The highest BCUT2D eigenvalue weighted by Crippen LogP contribution is 2.33. The summed E-state index contributed by atoms with van der Waals surface area (Å²) in [5, 5.41) is 9.17. The first-order valence-corrected chi connectivity index (χ1v) is 14.2. The minimum atomic E-state index is -0.225. The average Bonchev–Trinajstić information content (AvgIpc) is 3.65. The van der Waals surface area contributed by atoms with Gasteiger partial charge in [-0.15, -0.1) is 11.3 Å². The number of carbonyl (C=O) groups is 1. The first-order valence-electron chi connectivity index (χ1n) is 12.9. The fourth-order valence-electron chi connectivity index (χ4n) is 4.32. The van der Waals surface area contributed by atoms with Crippen LogP contribution in [0.2, 0.25) is 0 Å². The molecule has 0 saturated carbocycles. The van der Waals surface area contributed by atoms with Crippen LogP contribution in [-0.2, 0) is 6.54 Å². The molecule has 2 aromatic carbocycles. The summed E-state index contributed by atoms with van der Waals surface area (Å²) >= 11 is 7.05. The number of amides is 1. The highest BCUT2D eigenvalue weighted by molar-refractivity contribution is 7.80. The maximum Gasteiger partial charge on any atom is 0.275 e. The number of rotatable bonds is 13. The lowest BCUT2D eigenvalue weighted by molar-refractivity contribution is 0.102. The predicted octanol–water partition coefficient (Wildman–Crippen LogP) is 7.84. The summed E-state index contributed by atoms with van der Waals surface area (Å²) in [5.41, 5.74) is 3.07. The van der Waals surface area contributed by atoms with Crippen molar-refractivity contribution in [2.24, 2.45) is 0 Å². The van der Waals surface area contributed by atoms with Gasteiger partial charge in [-0.25, -0.2) is 4.98 Å². The van der Waals surface area contributed by atoms with Crippen LogP contribution in [0.25, 0.3) is 11.1 Å². The SMILES string of the molecule is CCCC(CCCC(=S)NCc1ccco1)c1nc(C(=O)Nc2cc(OC)ccc2-c2ccccc2)cs1. The van der Waals surface area contributed by atoms with Crippen LogP contribution in [0.5, 0.6) is 5.75 Å². The van der Waals surface area contributed by atoms with Crippen LogP contribution in [0, 0.1) is 0 Å². The van der Waals surface area contributed by atoms with Gasteiger partial charge in [-0.3, -0.25) is 4.79 Å².